The lowest BCUT2D eigenvalue weighted by Crippen LogP contribution is -2.29. The number of nitrogens with zero attached hydrogens (tertiary/aromatic N) is 1. The van der Waals surface area contributed by atoms with Crippen LogP contribution in [0, 0.1) is 0 Å². The molecule has 0 fully saturated rings. The smallest absolute Gasteiger partial charge is 0.264 e. The number of carbonyl (C=O) groups excluding carboxylic acids is 1. The molecule has 0 aliphatic carbocycles. The molecule has 156 valence electrons. The molecular weight excluding hydrogens is 404 g/mol. The van der Waals surface area contributed by atoms with E-state index in [1.54, 1.807) is 30.5 Å². The maximum absolute atomic E-state index is 12.4. The van der Waals surface area contributed by atoms with Crippen LogP contribution < -0.4 is 14.2 Å². The predicted molar refractivity (Wildman–Crippen MR) is 114 cm³/mol. The van der Waals surface area contributed by atoms with E-state index in [0.29, 0.717) is 28.5 Å². The fourth-order valence-corrected chi connectivity index (χ4v) is 3.43. The molecule has 0 saturated carbocycles. The number of hydrogen-bond donors (Lipinski definition) is 1. The number of rotatable bonds is 7. The number of sulfonamides is 1. The lowest BCUT2D eigenvalue weighted by atomic mass is 10.0. The molecule has 0 aliphatic rings. The topological polar surface area (TPSA) is 94.6 Å². The van der Waals surface area contributed by atoms with Crippen LogP contribution in [0.4, 0.5) is 0 Å². The van der Waals surface area contributed by atoms with E-state index in [4.69, 9.17) is 9.47 Å². The fourth-order valence-electron chi connectivity index (χ4n) is 2.97. The summed E-state index contributed by atoms with van der Waals surface area (Å²) in [6, 6.07) is 15.9. The summed E-state index contributed by atoms with van der Waals surface area (Å²) in [5, 5.41) is 0. The summed E-state index contributed by atoms with van der Waals surface area (Å²) in [7, 11) is -2.20. The number of amides is 1. The molecule has 0 saturated heterocycles. The van der Waals surface area contributed by atoms with Crippen LogP contribution >= 0.6 is 0 Å². The maximum atomic E-state index is 12.4. The van der Waals surface area contributed by atoms with Gasteiger partial charge in [-0.3, -0.25) is 4.79 Å². The van der Waals surface area contributed by atoms with Crippen molar-refractivity contribution in [2.45, 2.75) is 13.3 Å². The van der Waals surface area contributed by atoms with E-state index in [1.165, 1.54) is 13.2 Å². The van der Waals surface area contributed by atoms with Gasteiger partial charge in [0.05, 0.1) is 13.4 Å². The minimum absolute atomic E-state index is 0.164. The first-order chi connectivity index (χ1) is 14.3. The Bertz CT molecular complexity index is 1180. The highest BCUT2D eigenvalue weighted by molar-refractivity contribution is 7.89. The normalized spacial score (nSPS) is 11.0. The van der Waals surface area contributed by atoms with Gasteiger partial charge in [0.2, 0.25) is 15.9 Å². The highest BCUT2D eigenvalue weighted by atomic mass is 32.2. The summed E-state index contributed by atoms with van der Waals surface area (Å²) in [5.41, 5.74) is 2.35. The van der Waals surface area contributed by atoms with E-state index < -0.39 is 15.9 Å². The number of benzene rings is 2. The van der Waals surface area contributed by atoms with E-state index >= 15 is 0 Å². The van der Waals surface area contributed by atoms with Gasteiger partial charge in [-0.05, 0) is 48.4 Å². The largest absolute Gasteiger partial charge is 0.481 e. The molecule has 3 aromatic rings. The molecule has 1 aromatic heterocycles. The molecular formula is C22H22N2O5S. The van der Waals surface area contributed by atoms with E-state index in [9.17, 15) is 13.2 Å². The van der Waals surface area contributed by atoms with Crippen molar-refractivity contribution in [3.05, 3.63) is 71.9 Å². The monoisotopic (exact) mass is 426 g/mol. The van der Waals surface area contributed by atoms with Gasteiger partial charge in [0.1, 0.15) is 11.5 Å². The lowest BCUT2D eigenvalue weighted by molar-refractivity contribution is 0.0981. The van der Waals surface area contributed by atoms with Gasteiger partial charge in [0.15, 0.2) is 0 Å². The van der Waals surface area contributed by atoms with Gasteiger partial charge < -0.3 is 9.47 Å². The summed E-state index contributed by atoms with van der Waals surface area (Å²) in [4.78, 5) is 16.6. The van der Waals surface area contributed by atoms with Gasteiger partial charge in [0.25, 0.3) is 5.91 Å². The quantitative estimate of drug-likeness (QED) is 0.618. The van der Waals surface area contributed by atoms with Crippen molar-refractivity contribution in [3.8, 4) is 28.5 Å². The van der Waals surface area contributed by atoms with Crippen LogP contribution in [0.25, 0.3) is 11.1 Å². The first kappa shape index (κ1) is 21.3. The van der Waals surface area contributed by atoms with E-state index in [-0.39, 0.29) is 5.56 Å². The van der Waals surface area contributed by atoms with Crippen LogP contribution in [0.3, 0.4) is 0 Å². The van der Waals surface area contributed by atoms with Gasteiger partial charge in [0, 0.05) is 22.9 Å². The molecule has 2 aromatic carbocycles. The molecule has 7 nitrogen and oxygen atoms in total. The van der Waals surface area contributed by atoms with Crippen LogP contribution in [-0.2, 0) is 16.4 Å². The Balaban J connectivity index is 2.13. The summed E-state index contributed by atoms with van der Waals surface area (Å²) >= 11 is 0. The number of pyridine rings is 1. The van der Waals surface area contributed by atoms with Gasteiger partial charge in [-0.2, -0.15) is 0 Å². The summed E-state index contributed by atoms with van der Waals surface area (Å²) in [6.07, 6.45) is 3.31. The Kier molecular flexibility index (Phi) is 6.37. The maximum Gasteiger partial charge on any atom is 0.264 e. The molecule has 0 unspecified atom stereocenters. The first-order valence-corrected chi connectivity index (χ1v) is 11.1. The van der Waals surface area contributed by atoms with Gasteiger partial charge in [-0.1, -0.05) is 25.1 Å². The first-order valence-electron chi connectivity index (χ1n) is 9.23. The van der Waals surface area contributed by atoms with Crippen molar-refractivity contribution in [2.24, 2.45) is 0 Å². The SMILES string of the molecule is CCc1ccccc1Oc1ccc(C(=O)NS(C)(=O)=O)cc1-c1cccnc1OC. The second kappa shape index (κ2) is 8.96. The average Bonchev–Trinajstić information content (AvgIpc) is 2.73. The van der Waals surface area contributed by atoms with Crippen LogP contribution in [0.1, 0.15) is 22.8 Å². The van der Waals surface area contributed by atoms with Gasteiger partial charge >= 0.3 is 0 Å². The number of aryl methyl sites for hydroxylation is 1. The van der Waals surface area contributed by atoms with Crippen molar-refractivity contribution in [2.75, 3.05) is 13.4 Å². The number of aromatic nitrogens is 1. The number of hydrogen-bond acceptors (Lipinski definition) is 6. The van der Waals surface area contributed by atoms with Crippen molar-refractivity contribution in [1.29, 1.82) is 0 Å². The van der Waals surface area contributed by atoms with E-state index in [1.807, 2.05) is 35.9 Å². The molecule has 8 heteroatoms. The molecule has 0 bridgehead atoms. The van der Waals surface area contributed by atoms with Crippen LogP contribution in [0.15, 0.2) is 60.8 Å². The summed E-state index contributed by atoms with van der Waals surface area (Å²) in [5.74, 6) is 0.796. The Morgan fingerprint density at radius 2 is 1.80 bits per heavy atom. The standard InChI is InChI=1S/C22H22N2O5S/c1-4-15-8-5-6-10-19(15)29-20-12-11-16(21(25)24-30(3,26)27)14-18(20)17-9-7-13-23-22(17)28-2/h5-14H,4H2,1-3H3,(H,24,25). The van der Waals surface area contributed by atoms with Crippen molar-refractivity contribution in [1.82, 2.24) is 9.71 Å². The Labute approximate surface area is 175 Å². The summed E-state index contributed by atoms with van der Waals surface area (Å²) in [6.45, 7) is 2.03. The van der Waals surface area contributed by atoms with E-state index in [2.05, 4.69) is 4.98 Å². The molecule has 0 aliphatic heterocycles. The lowest BCUT2D eigenvalue weighted by Gasteiger charge is -2.16. The number of ether oxygens (including phenoxy) is 2. The molecule has 0 radical (unpaired) electrons. The number of para-hydroxylation sites is 1. The highest BCUT2D eigenvalue weighted by Gasteiger charge is 2.18. The average molecular weight is 426 g/mol. The number of methoxy groups -OCH3 is 1. The molecule has 1 N–H and O–H groups in total. The van der Waals surface area contributed by atoms with Crippen LogP contribution in [0.5, 0.6) is 17.4 Å². The van der Waals surface area contributed by atoms with Gasteiger partial charge in [-0.15, -0.1) is 0 Å². The third-order valence-corrected chi connectivity index (χ3v) is 4.90. The molecule has 0 spiro atoms. The second-order valence-electron chi connectivity index (χ2n) is 6.54. The molecule has 1 amide bonds. The molecule has 30 heavy (non-hydrogen) atoms. The molecule has 1 heterocycles. The van der Waals surface area contributed by atoms with Crippen molar-refractivity contribution in [3.63, 3.8) is 0 Å². The zero-order chi connectivity index (χ0) is 21.7. The number of carbonyl (C=O) groups is 1. The molecule has 3 rings (SSSR count). The van der Waals surface area contributed by atoms with Gasteiger partial charge in [-0.25, -0.2) is 18.1 Å². The van der Waals surface area contributed by atoms with Crippen LogP contribution in [0.2, 0.25) is 0 Å². The minimum Gasteiger partial charge on any atom is -0.481 e. The zero-order valence-corrected chi connectivity index (χ0v) is 17.7. The third kappa shape index (κ3) is 4.96. The highest BCUT2D eigenvalue weighted by Crippen LogP contribution is 2.38. The summed E-state index contributed by atoms with van der Waals surface area (Å²) < 4.78 is 36.5. The Morgan fingerprint density at radius 3 is 2.50 bits per heavy atom. The fraction of sp³-hybridized carbons (Fsp3) is 0.182. The van der Waals surface area contributed by atoms with Crippen molar-refractivity contribution >= 4 is 15.9 Å². The minimum atomic E-state index is -3.70. The molecule has 0 atom stereocenters. The Hall–Kier alpha value is -3.39. The Morgan fingerprint density at radius 1 is 1.03 bits per heavy atom. The number of nitrogens with one attached hydrogen (secondary N) is 1. The third-order valence-electron chi connectivity index (χ3n) is 4.35. The van der Waals surface area contributed by atoms with Crippen LogP contribution in [-0.4, -0.2) is 32.7 Å². The van der Waals surface area contributed by atoms with Crippen molar-refractivity contribution < 1.29 is 22.7 Å². The zero-order valence-electron chi connectivity index (χ0n) is 16.9. The van der Waals surface area contributed by atoms with E-state index in [0.717, 1.165) is 18.2 Å². The second-order valence-corrected chi connectivity index (χ2v) is 8.29. The predicted octanol–water partition coefficient (Wildman–Crippen LogP) is 3.80.